The number of carbonyl (C=O) groups is 1. The minimum absolute atomic E-state index is 0. The van der Waals surface area contributed by atoms with E-state index < -0.39 is 5.41 Å². The maximum atomic E-state index is 11.8. The summed E-state index contributed by atoms with van der Waals surface area (Å²) in [5.41, 5.74) is 6.71. The summed E-state index contributed by atoms with van der Waals surface area (Å²) in [6.07, 6.45) is 3.36. The lowest BCUT2D eigenvalue weighted by molar-refractivity contribution is -0.123. The van der Waals surface area contributed by atoms with Crippen molar-refractivity contribution < 1.29 is 4.79 Å². The van der Waals surface area contributed by atoms with Gasteiger partial charge in [-0.1, -0.05) is 0 Å². The van der Waals surface area contributed by atoms with E-state index in [1.54, 1.807) is 18.5 Å². The third-order valence-corrected chi connectivity index (χ3v) is 2.39. The third-order valence-electron chi connectivity index (χ3n) is 2.39. The Morgan fingerprint density at radius 2 is 2.06 bits per heavy atom. The van der Waals surface area contributed by atoms with Crippen LogP contribution in [0.25, 0.3) is 0 Å². The number of hydrogen-bond donors (Lipinski definition) is 2. The van der Waals surface area contributed by atoms with Crippen LogP contribution in [0.1, 0.15) is 19.4 Å². The first-order chi connectivity index (χ1) is 6.97. The van der Waals surface area contributed by atoms with E-state index in [9.17, 15) is 4.79 Å². The van der Waals surface area contributed by atoms with E-state index in [2.05, 4.69) is 10.3 Å². The average molecular weight is 280 g/mol. The van der Waals surface area contributed by atoms with Crippen molar-refractivity contribution in [3.05, 3.63) is 24.0 Å². The topological polar surface area (TPSA) is 68.0 Å². The van der Waals surface area contributed by atoms with E-state index in [4.69, 9.17) is 5.73 Å². The zero-order valence-corrected chi connectivity index (χ0v) is 11.8. The summed E-state index contributed by atoms with van der Waals surface area (Å²) in [5.74, 6) is -0.0701. The standard InChI is InChI=1S/C11H17N3O.2ClH/c1-8-6-13-5-4-9(8)14-10(15)11(2,3)7-12;;/h4-6H,7,12H2,1-3H3,(H,13,14,15);2*1H. The second-order valence-corrected chi connectivity index (χ2v) is 4.23. The van der Waals surface area contributed by atoms with Crippen LogP contribution in [0, 0.1) is 12.3 Å². The summed E-state index contributed by atoms with van der Waals surface area (Å²) in [5, 5.41) is 2.84. The second kappa shape index (κ2) is 7.48. The highest BCUT2D eigenvalue weighted by molar-refractivity contribution is 5.95. The molecule has 0 radical (unpaired) electrons. The molecule has 0 saturated heterocycles. The largest absolute Gasteiger partial charge is 0.329 e. The SMILES string of the molecule is Cc1cnccc1NC(=O)C(C)(C)CN.Cl.Cl. The number of amides is 1. The summed E-state index contributed by atoms with van der Waals surface area (Å²) in [6, 6.07) is 1.78. The van der Waals surface area contributed by atoms with Crippen LogP contribution in [0.2, 0.25) is 0 Å². The number of rotatable bonds is 3. The monoisotopic (exact) mass is 279 g/mol. The Morgan fingerprint density at radius 1 is 1.47 bits per heavy atom. The van der Waals surface area contributed by atoms with Crippen LogP contribution in [0.3, 0.4) is 0 Å². The maximum absolute atomic E-state index is 11.8. The van der Waals surface area contributed by atoms with Crippen LogP contribution in [-0.4, -0.2) is 17.4 Å². The van der Waals surface area contributed by atoms with Gasteiger partial charge in [0.15, 0.2) is 0 Å². The number of anilines is 1. The molecular weight excluding hydrogens is 261 g/mol. The quantitative estimate of drug-likeness (QED) is 0.891. The minimum atomic E-state index is -0.546. The molecule has 98 valence electrons. The molecule has 0 aliphatic heterocycles. The molecule has 0 atom stereocenters. The number of halogens is 2. The van der Waals surface area contributed by atoms with Crippen molar-refractivity contribution >= 4 is 36.4 Å². The molecule has 0 spiro atoms. The molecule has 4 nitrogen and oxygen atoms in total. The summed E-state index contributed by atoms with van der Waals surface area (Å²) in [6.45, 7) is 5.86. The Labute approximate surface area is 114 Å². The predicted molar refractivity (Wildman–Crippen MR) is 74.9 cm³/mol. The number of carbonyl (C=O) groups excluding carboxylic acids is 1. The van der Waals surface area contributed by atoms with Crippen LogP contribution in [0.5, 0.6) is 0 Å². The fraction of sp³-hybridized carbons (Fsp3) is 0.455. The average Bonchev–Trinajstić information content (AvgIpc) is 2.21. The highest BCUT2D eigenvalue weighted by Gasteiger charge is 2.25. The molecule has 1 aromatic heterocycles. The number of nitrogens with zero attached hydrogens (tertiary/aromatic N) is 1. The molecule has 0 saturated carbocycles. The first-order valence-electron chi connectivity index (χ1n) is 4.89. The molecule has 1 aromatic rings. The van der Waals surface area contributed by atoms with Gasteiger partial charge in [-0.2, -0.15) is 0 Å². The molecule has 6 heteroatoms. The normalized spacial score (nSPS) is 9.88. The smallest absolute Gasteiger partial charge is 0.231 e. The van der Waals surface area contributed by atoms with Gasteiger partial charge in [0.2, 0.25) is 5.91 Å². The van der Waals surface area contributed by atoms with E-state index >= 15 is 0 Å². The van der Waals surface area contributed by atoms with E-state index in [-0.39, 0.29) is 30.7 Å². The van der Waals surface area contributed by atoms with Crippen LogP contribution in [-0.2, 0) is 4.79 Å². The molecular formula is C11H19Cl2N3O. The molecule has 17 heavy (non-hydrogen) atoms. The fourth-order valence-corrected chi connectivity index (χ4v) is 0.998. The Hall–Kier alpha value is -0.840. The lowest BCUT2D eigenvalue weighted by Crippen LogP contribution is -2.37. The van der Waals surface area contributed by atoms with Gasteiger partial charge < -0.3 is 11.1 Å². The van der Waals surface area contributed by atoms with Gasteiger partial charge >= 0.3 is 0 Å². The molecule has 0 aliphatic rings. The first kappa shape index (κ1) is 18.5. The second-order valence-electron chi connectivity index (χ2n) is 4.23. The van der Waals surface area contributed by atoms with Crippen molar-refractivity contribution in [3.63, 3.8) is 0 Å². The van der Waals surface area contributed by atoms with Gasteiger partial charge in [0.25, 0.3) is 0 Å². The number of pyridine rings is 1. The lowest BCUT2D eigenvalue weighted by Gasteiger charge is -2.21. The molecule has 3 N–H and O–H groups in total. The van der Waals surface area contributed by atoms with Gasteiger partial charge in [-0.05, 0) is 32.4 Å². The van der Waals surface area contributed by atoms with Crippen LogP contribution < -0.4 is 11.1 Å². The Morgan fingerprint density at radius 3 is 2.53 bits per heavy atom. The van der Waals surface area contributed by atoms with Crippen molar-refractivity contribution in [2.24, 2.45) is 11.1 Å². The summed E-state index contributed by atoms with van der Waals surface area (Å²) in [4.78, 5) is 15.8. The number of aromatic nitrogens is 1. The van der Waals surface area contributed by atoms with Crippen LogP contribution >= 0.6 is 24.8 Å². The van der Waals surface area contributed by atoms with Crippen LogP contribution in [0.4, 0.5) is 5.69 Å². The Balaban J connectivity index is 0. The highest BCUT2D eigenvalue weighted by atomic mass is 35.5. The maximum Gasteiger partial charge on any atom is 0.231 e. The molecule has 0 bridgehead atoms. The third kappa shape index (κ3) is 4.89. The van der Waals surface area contributed by atoms with Crippen molar-refractivity contribution in [3.8, 4) is 0 Å². The van der Waals surface area contributed by atoms with E-state index in [1.165, 1.54) is 0 Å². The molecule has 1 rings (SSSR count). The van der Waals surface area contributed by atoms with E-state index in [0.29, 0.717) is 6.54 Å². The van der Waals surface area contributed by atoms with Gasteiger partial charge in [-0.3, -0.25) is 9.78 Å². The zero-order chi connectivity index (χ0) is 11.5. The first-order valence-corrected chi connectivity index (χ1v) is 4.89. The van der Waals surface area contributed by atoms with E-state index in [1.807, 2.05) is 20.8 Å². The summed E-state index contributed by atoms with van der Waals surface area (Å²) < 4.78 is 0. The highest BCUT2D eigenvalue weighted by Crippen LogP contribution is 2.18. The summed E-state index contributed by atoms with van der Waals surface area (Å²) in [7, 11) is 0. The number of hydrogen-bond acceptors (Lipinski definition) is 3. The van der Waals surface area contributed by atoms with Gasteiger partial charge in [-0.25, -0.2) is 0 Å². The van der Waals surface area contributed by atoms with Crippen LogP contribution in [0.15, 0.2) is 18.5 Å². The molecule has 0 aromatic carbocycles. The fourth-order valence-electron chi connectivity index (χ4n) is 0.998. The Kier molecular flexibility index (Phi) is 8.15. The molecule has 0 unspecified atom stereocenters. The molecule has 1 heterocycles. The number of nitrogens with one attached hydrogen (secondary N) is 1. The number of aryl methyl sites for hydroxylation is 1. The summed E-state index contributed by atoms with van der Waals surface area (Å²) >= 11 is 0. The molecule has 0 fully saturated rings. The van der Waals surface area contributed by atoms with Gasteiger partial charge in [0, 0.05) is 24.6 Å². The van der Waals surface area contributed by atoms with Gasteiger partial charge in [-0.15, -0.1) is 24.8 Å². The van der Waals surface area contributed by atoms with Crippen molar-refractivity contribution in [2.75, 3.05) is 11.9 Å². The minimum Gasteiger partial charge on any atom is -0.329 e. The van der Waals surface area contributed by atoms with E-state index in [0.717, 1.165) is 11.3 Å². The van der Waals surface area contributed by atoms with Crippen molar-refractivity contribution in [2.45, 2.75) is 20.8 Å². The van der Waals surface area contributed by atoms with Gasteiger partial charge in [0.05, 0.1) is 5.41 Å². The lowest BCUT2D eigenvalue weighted by atomic mass is 9.92. The zero-order valence-electron chi connectivity index (χ0n) is 10.2. The molecule has 0 aliphatic carbocycles. The van der Waals surface area contributed by atoms with Gasteiger partial charge in [0.1, 0.15) is 0 Å². The van der Waals surface area contributed by atoms with Crippen molar-refractivity contribution in [1.82, 2.24) is 4.98 Å². The Bertz CT molecular complexity index is 369. The number of nitrogens with two attached hydrogens (primary N) is 1. The predicted octanol–water partition coefficient (Wildman–Crippen LogP) is 2.16. The molecule has 1 amide bonds. The van der Waals surface area contributed by atoms with Crippen molar-refractivity contribution in [1.29, 1.82) is 0 Å².